The smallest absolute Gasteiger partial charge is 0.260 e. The maximum absolute atomic E-state index is 13.7. The SMILES string of the molecule is CCOc1cccc2sc(N(CCN(C)C)C(=O)c3ccc(S(=O)(=O)N(C)C4CCCCC4)cc3)nc12.Cl. The van der Waals surface area contributed by atoms with Crippen molar-refractivity contribution >= 4 is 55.0 Å². The highest BCUT2D eigenvalue weighted by atomic mass is 35.5. The van der Waals surface area contributed by atoms with Gasteiger partial charge in [0.05, 0.1) is 16.2 Å². The van der Waals surface area contributed by atoms with Gasteiger partial charge in [-0.25, -0.2) is 13.4 Å². The number of halogens is 1. The lowest BCUT2D eigenvalue weighted by Crippen LogP contribution is -2.38. The van der Waals surface area contributed by atoms with Crippen LogP contribution >= 0.6 is 23.7 Å². The summed E-state index contributed by atoms with van der Waals surface area (Å²) < 4.78 is 34.6. The fraction of sp³-hybridized carbons (Fsp3) is 0.481. The lowest BCUT2D eigenvalue weighted by molar-refractivity contribution is 0.0985. The molecule has 1 saturated carbocycles. The van der Waals surface area contributed by atoms with Crippen molar-refractivity contribution in [3.63, 3.8) is 0 Å². The van der Waals surface area contributed by atoms with Gasteiger partial charge in [-0.3, -0.25) is 9.69 Å². The van der Waals surface area contributed by atoms with Gasteiger partial charge in [0.2, 0.25) is 10.0 Å². The van der Waals surface area contributed by atoms with Crippen LogP contribution in [-0.4, -0.2) is 75.4 Å². The van der Waals surface area contributed by atoms with Crippen molar-refractivity contribution in [3.05, 3.63) is 48.0 Å². The third kappa shape index (κ3) is 6.66. The van der Waals surface area contributed by atoms with Gasteiger partial charge in [0.1, 0.15) is 11.3 Å². The number of nitrogens with zero attached hydrogens (tertiary/aromatic N) is 4. The number of hydrogen-bond donors (Lipinski definition) is 0. The van der Waals surface area contributed by atoms with Crippen LogP contribution in [0.3, 0.4) is 0 Å². The molecule has 1 amide bonds. The van der Waals surface area contributed by atoms with E-state index in [1.165, 1.54) is 27.8 Å². The summed E-state index contributed by atoms with van der Waals surface area (Å²) in [5.74, 6) is 0.475. The molecule has 4 rings (SSSR count). The molecule has 38 heavy (non-hydrogen) atoms. The number of carbonyl (C=O) groups excluding carboxylic acids is 1. The van der Waals surface area contributed by atoms with Crippen molar-refractivity contribution in [2.24, 2.45) is 0 Å². The molecule has 1 aromatic heterocycles. The third-order valence-electron chi connectivity index (χ3n) is 6.78. The topological polar surface area (TPSA) is 83.0 Å². The number of benzene rings is 2. The minimum Gasteiger partial charge on any atom is -0.492 e. The van der Waals surface area contributed by atoms with Crippen molar-refractivity contribution < 1.29 is 17.9 Å². The van der Waals surface area contributed by atoms with Gasteiger partial charge in [-0.2, -0.15) is 4.31 Å². The average molecular weight is 581 g/mol. The summed E-state index contributed by atoms with van der Waals surface area (Å²) in [6.45, 7) is 3.55. The summed E-state index contributed by atoms with van der Waals surface area (Å²) in [6, 6.07) is 12.1. The number of aromatic nitrogens is 1. The van der Waals surface area contributed by atoms with Crippen LogP contribution in [0.2, 0.25) is 0 Å². The number of fused-ring (bicyclic) bond motifs is 1. The van der Waals surface area contributed by atoms with E-state index >= 15 is 0 Å². The number of sulfonamides is 1. The summed E-state index contributed by atoms with van der Waals surface area (Å²) in [5.41, 5.74) is 1.15. The molecule has 0 N–H and O–H groups in total. The van der Waals surface area contributed by atoms with E-state index in [-0.39, 0.29) is 29.3 Å². The number of ether oxygens (including phenoxy) is 1. The minimum absolute atomic E-state index is 0. The molecule has 0 bridgehead atoms. The van der Waals surface area contributed by atoms with Crippen molar-refractivity contribution in [1.82, 2.24) is 14.2 Å². The zero-order valence-corrected chi connectivity index (χ0v) is 24.9. The van der Waals surface area contributed by atoms with E-state index in [9.17, 15) is 13.2 Å². The van der Waals surface area contributed by atoms with E-state index in [4.69, 9.17) is 9.72 Å². The Kier molecular flexibility index (Phi) is 10.5. The van der Waals surface area contributed by atoms with E-state index in [2.05, 4.69) is 0 Å². The lowest BCUT2D eigenvalue weighted by atomic mass is 9.96. The fourth-order valence-corrected chi connectivity index (χ4v) is 7.04. The van der Waals surface area contributed by atoms with Crippen LogP contribution in [0.4, 0.5) is 5.13 Å². The largest absolute Gasteiger partial charge is 0.492 e. The first-order valence-corrected chi connectivity index (χ1v) is 15.0. The predicted molar refractivity (Wildman–Crippen MR) is 157 cm³/mol. The summed E-state index contributed by atoms with van der Waals surface area (Å²) in [4.78, 5) is 22.3. The Morgan fingerprint density at radius 3 is 2.34 bits per heavy atom. The van der Waals surface area contributed by atoms with Crippen LogP contribution in [0.25, 0.3) is 10.2 Å². The van der Waals surface area contributed by atoms with Gasteiger partial charge in [-0.15, -0.1) is 12.4 Å². The zero-order chi connectivity index (χ0) is 26.6. The number of likely N-dealkylation sites (N-methyl/N-ethyl adjacent to an activating group) is 1. The zero-order valence-electron chi connectivity index (χ0n) is 22.4. The van der Waals surface area contributed by atoms with Crippen molar-refractivity contribution in [3.8, 4) is 5.75 Å². The van der Waals surface area contributed by atoms with Crippen molar-refractivity contribution in [1.29, 1.82) is 0 Å². The second kappa shape index (κ2) is 13.2. The monoisotopic (exact) mass is 580 g/mol. The van der Waals surface area contributed by atoms with Gasteiger partial charge in [-0.05, 0) is 70.3 Å². The van der Waals surface area contributed by atoms with Crippen LogP contribution in [-0.2, 0) is 10.0 Å². The standard InChI is InChI=1S/C27H36N4O4S2.ClH/c1-5-35-23-12-9-13-24-25(23)28-27(36-24)31(19-18-29(2)3)26(32)20-14-16-22(17-15-20)37(33,34)30(4)21-10-7-6-8-11-21;/h9,12-17,21H,5-8,10-11,18-19H2,1-4H3;1H. The summed E-state index contributed by atoms with van der Waals surface area (Å²) in [6.07, 6.45) is 5.05. The average Bonchev–Trinajstić information content (AvgIpc) is 3.34. The molecule has 2 aromatic carbocycles. The van der Waals surface area contributed by atoms with Gasteiger partial charge in [0.15, 0.2) is 5.13 Å². The number of para-hydroxylation sites is 1. The summed E-state index contributed by atoms with van der Waals surface area (Å²) >= 11 is 1.44. The second-order valence-electron chi connectivity index (χ2n) is 9.63. The molecular formula is C27H37ClN4O4S2. The van der Waals surface area contributed by atoms with Gasteiger partial charge in [0, 0.05) is 31.7 Å². The quantitative estimate of drug-likeness (QED) is 0.324. The Balaban J connectivity index is 0.00000400. The molecule has 208 valence electrons. The van der Waals surface area contributed by atoms with Crippen LogP contribution in [0.15, 0.2) is 47.4 Å². The molecule has 1 aliphatic rings. The molecule has 1 aliphatic carbocycles. The highest BCUT2D eigenvalue weighted by Gasteiger charge is 2.29. The highest BCUT2D eigenvalue weighted by molar-refractivity contribution is 7.89. The van der Waals surface area contributed by atoms with E-state index < -0.39 is 10.0 Å². The molecule has 1 fully saturated rings. The van der Waals surface area contributed by atoms with E-state index in [1.54, 1.807) is 24.1 Å². The molecule has 0 saturated heterocycles. The van der Waals surface area contributed by atoms with Gasteiger partial charge < -0.3 is 9.64 Å². The van der Waals surface area contributed by atoms with Crippen molar-refractivity contribution in [2.75, 3.05) is 45.7 Å². The number of carbonyl (C=O) groups is 1. The van der Waals surface area contributed by atoms with Crippen molar-refractivity contribution in [2.45, 2.75) is 50.0 Å². The maximum atomic E-state index is 13.7. The molecule has 0 atom stereocenters. The fourth-order valence-electron chi connectivity index (χ4n) is 4.62. The molecule has 0 aliphatic heterocycles. The van der Waals surface area contributed by atoms with Crippen LogP contribution in [0, 0.1) is 0 Å². The first-order valence-electron chi connectivity index (χ1n) is 12.8. The molecule has 8 nitrogen and oxygen atoms in total. The summed E-state index contributed by atoms with van der Waals surface area (Å²) in [7, 11) is 1.95. The predicted octanol–water partition coefficient (Wildman–Crippen LogP) is 5.28. The normalized spacial score (nSPS) is 14.6. The van der Waals surface area contributed by atoms with E-state index in [0.717, 1.165) is 42.3 Å². The Morgan fingerprint density at radius 2 is 1.71 bits per heavy atom. The number of rotatable bonds is 10. The molecule has 0 radical (unpaired) electrons. The molecule has 1 heterocycles. The third-order valence-corrected chi connectivity index (χ3v) is 9.75. The number of hydrogen-bond acceptors (Lipinski definition) is 7. The Bertz CT molecular complexity index is 1320. The maximum Gasteiger partial charge on any atom is 0.260 e. The van der Waals surface area contributed by atoms with Crippen LogP contribution < -0.4 is 9.64 Å². The lowest BCUT2D eigenvalue weighted by Gasteiger charge is -2.30. The molecule has 0 spiro atoms. The Labute approximate surface area is 236 Å². The Morgan fingerprint density at radius 1 is 1.03 bits per heavy atom. The van der Waals surface area contributed by atoms with Crippen LogP contribution in [0.1, 0.15) is 49.4 Å². The first kappa shape index (κ1) is 30.3. The molecule has 3 aromatic rings. The van der Waals surface area contributed by atoms with E-state index in [1.807, 2.05) is 44.1 Å². The van der Waals surface area contributed by atoms with Gasteiger partial charge in [-0.1, -0.05) is 36.7 Å². The summed E-state index contributed by atoms with van der Waals surface area (Å²) in [5, 5.41) is 0.586. The van der Waals surface area contributed by atoms with Crippen LogP contribution in [0.5, 0.6) is 5.75 Å². The number of anilines is 1. The molecule has 0 unspecified atom stereocenters. The van der Waals surface area contributed by atoms with Gasteiger partial charge in [0.25, 0.3) is 5.91 Å². The van der Waals surface area contributed by atoms with Gasteiger partial charge >= 0.3 is 0 Å². The number of thiazole rings is 1. The number of amides is 1. The second-order valence-corrected chi connectivity index (χ2v) is 12.6. The molecular weight excluding hydrogens is 544 g/mol. The Hall–Kier alpha value is -2.24. The minimum atomic E-state index is -3.62. The highest BCUT2D eigenvalue weighted by Crippen LogP contribution is 2.35. The van der Waals surface area contributed by atoms with E-state index in [0.29, 0.717) is 36.1 Å². The first-order chi connectivity index (χ1) is 17.7. The molecule has 11 heteroatoms.